The molecule has 1 atom stereocenters. The Balaban J connectivity index is 2.11. The van der Waals surface area contributed by atoms with E-state index in [1.165, 1.54) is 0 Å². The van der Waals surface area contributed by atoms with Crippen LogP contribution in [0.3, 0.4) is 0 Å². The maximum atomic E-state index is 5.97. The highest BCUT2D eigenvalue weighted by molar-refractivity contribution is 5.29. The number of aromatic nitrogens is 2. The third-order valence-electron chi connectivity index (χ3n) is 2.98. The Labute approximate surface area is 112 Å². The fourth-order valence-electron chi connectivity index (χ4n) is 1.71. The van der Waals surface area contributed by atoms with Gasteiger partial charge < -0.3 is 14.9 Å². The van der Waals surface area contributed by atoms with E-state index in [1.54, 1.807) is 7.11 Å². The first-order chi connectivity index (χ1) is 9.10. The molecule has 0 aliphatic heterocycles. The van der Waals surface area contributed by atoms with Crippen molar-refractivity contribution in [2.24, 2.45) is 11.7 Å². The van der Waals surface area contributed by atoms with Crippen LogP contribution >= 0.6 is 0 Å². The van der Waals surface area contributed by atoms with Gasteiger partial charge in [0.25, 0.3) is 0 Å². The molecule has 0 spiro atoms. The lowest BCUT2D eigenvalue weighted by molar-refractivity contribution is 0.374. The Morgan fingerprint density at radius 1 is 1.32 bits per heavy atom. The minimum atomic E-state index is -0.216. The van der Waals surface area contributed by atoms with Crippen LogP contribution in [-0.4, -0.2) is 17.3 Å². The number of benzene rings is 1. The number of nitrogens with two attached hydrogens (primary N) is 1. The van der Waals surface area contributed by atoms with Crippen molar-refractivity contribution >= 4 is 0 Å². The van der Waals surface area contributed by atoms with E-state index in [0.717, 1.165) is 11.3 Å². The predicted molar refractivity (Wildman–Crippen MR) is 71.9 cm³/mol. The summed E-state index contributed by atoms with van der Waals surface area (Å²) >= 11 is 0. The van der Waals surface area contributed by atoms with Gasteiger partial charge in [0.15, 0.2) is 0 Å². The molecule has 0 amide bonds. The molecule has 0 saturated heterocycles. The van der Waals surface area contributed by atoms with Crippen molar-refractivity contribution in [1.82, 2.24) is 10.2 Å². The zero-order valence-electron chi connectivity index (χ0n) is 11.5. The van der Waals surface area contributed by atoms with Crippen LogP contribution in [0, 0.1) is 5.92 Å². The normalized spacial score (nSPS) is 12.7. The largest absolute Gasteiger partial charge is 0.497 e. The standard InChI is InChI=1S/C14H19N3O2/c1-9(2)13(15)14-17-16-12(19-14)8-10-5-4-6-11(7-10)18-3/h4-7,9,13H,8,15H2,1-3H3. The predicted octanol–water partition coefficient (Wildman–Crippen LogP) is 2.32. The molecule has 0 radical (unpaired) electrons. The average Bonchev–Trinajstić information content (AvgIpc) is 2.86. The lowest BCUT2D eigenvalue weighted by Crippen LogP contribution is -2.16. The third-order valence-corrected chi connectivity index (χ3v) is 2.98. The number of nitrogens with zero attached hydrogens (tertiary/aromatic N) is 2. The van der Waals surface area contributed by atoms with Crippen molar-refractivity contribution < 1.29 is 9.15 Å². The van der Waals surface area contributed by atoms with Crippen LogP contribution in [0.1, 0.15) is 37.2 Å². The van der Waals surface area contributed by atoms with Gasteiger partial charge >= 0.3 is 0 Å². The number of hydrogen-bond donors (Lipinski definition) is 1. The Morgan fingerprint density at radius 2 is 2.11 bits per heavy atom. The number of methoxy groups -OCH3 is 1. The van der Waals surface area contributed by atoms with Crippen molar-refractivity contribution in [3.63, 3.8) is 0 Å². The topological polar surface area (TPSA) is 74.2 Å². The van der Waals surface area contributed by atoms with E-state index < -0.39 is 0 Å². The molecule has 2 N–H and O–H groups in total. The molecule has 5 nitrogen and oxygen atoms in total. The first kappa shape index (κ1) is 13.5. The average molecular weight is 261 g/mol. The Hall–Kier alpha value is -1.88. The molecule has 1 aromatic carbocycles. The smallest absolute Gasteiger partial charge is 0.233 e. The summed E-state index contributed by atoms with van der Waals surface area (Å²) in [7, 11) is 1.64. The molecule has 2 aromatic rings. The summed E-state index contributed by atoms with van der Waals surface area (Å²) < 4.78 is 10.8. The lowest BCUT2D eigenvalue weighted by atomic mass is 10.1. The maximum Gasteiger partial charge on any atom is 0.233 e. The van der Waals surface area contributed by atoms with E-state index >= 15 is 0 Å². The molecule has 2 rings (SSSR count). The molecule has 1 unspecified atom stereocenters. The van der Waals surface area contributed by atoms with Crippen molar-refractivity contribution in [2.45, 2.75) is 26.3 Å². The Morgan fingerprint density at radius 3 is 2.79 bits per heavy atom. The van der Waals surface area contributed by atoms with E-state index in [-0.39, 0.29) is 12.0 Å². The van der Waals surface area contributed by atoms with Crippen LogP contribution in [0.25, 0.3) is 0 Å². The van der Waals surface area contributed by atoms with E-state index in [0.29, 0.717) is 18.2 Å². The van der Waals surface area contributed by atoms with Gasteiger partial charge in [0.1, 0.15) is 5.75 Å². The maximum absolute atomic E-state index is 5.97. The summed E-state index contributed by atoms with van der Waals surface area (Å²) in [6.07, 6.45) is 0.578. The second-order valence-corrected chi connectivity index (χ2v) is 4.83. The molecule has 0 fully saturated rings. The third kappa shape index (κ3) is 3.32. The van der Waals surface area contributed by atoms with Crippen molar-refractivity contribution in [2.75, 3.05) is 7.11 Å². The van der Waals surface area contributed by atoms with Gasteiger partial charge in [0.05, 0.1) is 19.6 Å². The SMILES string of the molecule is COc1cccc(Cc2nnc(C(N)C(C)C)o2)c1. The Kier molecular flexibility index (Phi) is 4.16. The quantitative estimate of drug-likeness (QED) is 0.894. The molecule has 19 heavy (non-hydrogen) atoms. The van der Waals surface area contributed by atoms with Gasteiger partial charge in [0, 0.05) is 0 Å². The summed E-state index contributed by atoms with van der Waals surface area (Å²) in [4.78, 5) is 0. The fraction of sp³-hybridized carbons (Fsp3) is 0.429. The molecule has 0 saturated carbocycles. The molecule has 0 aliphatic carbocycles. The molecule has 0 bridgehead atoms. The molecule has 5 heteroatoms. The summed E-state index contributed by atoms with van der Waals surface area (Å²) in [5.74, 6) is 2.15. The van der Waals surface area contributed by atoms with Crippen LogP contribution in [0.5, 0.6) is 5.75 Å². The summed E-state index contributed by atoms with van der Waals surface area (Å²) in [5, 5.41) is 8.04. The van der Waals surface area contributed by atoms with Gasteiger partial charge in [-0.3, -0.25) is 0 Å². The van der Waals surface area contributed by atoms with Gasteiger partial charge in [-0.15, -0.1) is 10.2 Å². The van der Waals surface area contributed by atoms with Crippen LogP contribution in [0.15, 0.2) is 28.7 Å². The van der Waals surface area contributed by atoms with Crippen LogP contribution < -0.4 is 10.5 Å². The molecule has 102 valence electrons. The number of hydrogen-bond acceptors (Lipinski definition) is 5. The highest BCUT2D eigenvalue weighted by Crippen LogP contribution is 2.19. The first-order valence-electron chi connectivity index (χ1n) is 6.31. The van der Waals surface area contributed by atoms with E-state index in [2.05, 4.69) is 10.2 Å². The van der Waals surface area contributed by atoms with E-state index in [1.807, 2.05) is 38.1 Å². The molecule has 0 aliphatic rings. The number of ether oxygens (including phenoxy) is 1. The van der Waals surface area contributed by atoms with Crippen molar-refractivity contribution in [3.05, 3.63) is 41.6 Å². The highest BCUT2D eigenvalue weighted by Gasteiger charge is 2.17. The molecule has 1 aromatic heterocycles. The summed E-state index contributed by atoms with van der Waals surface area (Å²) in [6, 6.07) is 7.57. The second kappa shape index (κ2) is 5.84. The molecule has 1 heterocycles. The van der Waals surface area contributed by atoms with Crippen LogP contribution in [-0.2, 0) is 6.42 Å². The zero-order chi connectivity index (χ0) is 13.8. The van der Waals surface area contributed by atoms with Gasteiger partial charge in [0.2, 0.25) is 11.8 Å². The van der Waals surface area contributed by atoms with E-state index in [9.17, 15) is 0 Å². The van der Waals surface area contributed by atoms with E-state index in [4.69, 9.17) is 14.9 Å². The monoisotopic (exact) mass is 261 g/mol. The molecular weight excluding hydrogens is 242 g/mol. The zero-order valence-corrected chi connectivity index (χ0v) is 11.5. The molecular formula is C14H19N3O2. The van der Waals surface area contributed by atoms with Gasteiger partial charge in [-0.1, -0.05) is 26.0 Å². The van der Waals surface area contributed by atoms with Crippen molar-refractivity contribution in [1.29, 1.82) is 0 Å². The first-order valence-corrected chi connectivity index (χ1v) is 6.31. The van der Waals surface area contributed by atoms with Gasteiger partial charge in [-0.05, 0) is 23.6 Å². The van der Waals surface area contributed by atoms with Gasteiger partial charge in [-0.2, -0.15) is 0 Å². The lowest BCUT2D eigenvalue weighted by Gasteiger charge is -2.09. The van der Waals surface area contributed by atoms with Crippen LogP contribution in [0.2, 0.25) is 0 Å². The summed E-state index contributed by atoms with van der Waals surface area (Å²) in [6.45, 7) is 4.05. The van der Waals surface area contributed by atoms with Crippen molar-refractivity contribution in [3.8, 4) is 5.75 Å². The number of rotatable bonds is 5. The van der Waals surface area contributed by atoms with Gasteiger partial charge in [-0.25, -0.2) is 0 Å². The fourth-order valence-corrected chi connectivity index (χ4v) is 1.71. The second-order valence-electron chi connectivity index (χ2n) is 4.83. The minimum Gasteiger partial charge on any atom is -0.497 e. The van der Waals surface area contributed by atoms with Crippen LogP contribution in [0.4, 0.5) is 0 Å². The minimum absolute atomic E-state index is 0.216. The Bertz CT molecular complexity index is 537. The highest BCUT2D eigenvalue weighted by atomic mass is 16.5. The summed E-state index contributed by atoms with van der Waals surface area (Å²) in [5.41, 5.74) is 7.04.